The van der Waals surface area contributed by atoms with E-state index in [0.29, 0.717) is 0 Å². The molecule has 60 valence electrons. The molecule has 0 radical (unpaired) electrons. The third kappa shape index (κ3) is 1.46. The second kappa shape index (κ2) is 2.95. The van der Waals surface area contributed by atoms with Crippen molar-refractivity contribution < 1.29 is 0 Å². The van der Waals surface area contributed by atoms with E-state index < -0.39 is 0 Å². The molecular formula is C10H15P. The van der Waals surface area contributed by atoms with Gasteiger partial charge in [-0.15, -0.1) is 9.24 Å². The molecule has 0 aliphatic carbocycles. The van der Waals surface area contributed by atoms with Gasteiger partial charge >= 0.3 is 0 Å². The van der Waals surface area contributed by atoms with Crippen molar-refractivity contribution in [2.24, 2.45) is 0 Å². The van der Waals surface area contributed by atoms with Crippen LogP contribution < -0.4 is 5.30 Å². The largest absolute Gasteiger partial charge is 0.105 e. The van der Waals surface area contributed by atoms with Crippen molar-refractivity contribution in [3.05, 3.63) is 28.3 Å². The summed E-state index contributed by atoms with van der Waals surface area (Å²) in [6.45, 7) is 8.70. The lowest BCUT2D eigenvalue weighted by atomic mass is 10.00. The van der Waals surface area contributed by atoms with Gasteiger partial charge in [0.2, 0.25) is 0 Å². The molecule has 0 saturated heterocycles. The highest BCUT2D eigenvalue weighted by Gasteiger charge is 2.02. The zero-order valence-corrected chi connectivity index (χ0v) is 8.81. The van der Waals surface area contributed by atoms with Gasteiger partial charge in [0.15, 0.2) is 0 Å². The lowest BCUT2D eigenvalue weighted by Gasteiger charge is -2.10. The van der Waals surface area contributed by atoms with Crippen LogP contribution in [0.2, 0.25) is 0 Å². The molecule has 0 heterocycles. The zero-order valence-electron chi connectivity index (χ0n) is 7.65. The highest BCUT2D eigenvalue weighted by molar-refractivity contribution is 7.27. The zero-order chi connectivity index (χ0) is 8.59. The molecule has 0 aliphatic rings. The Morgan fingerprint density at radius 2 is 1.45 bits per heavy atom. The van der Waals surface area contributed by atoms with Gasteiger partial charge < -0.3 is 0 Å². The molecule has 1 rings (SSSR count). The minimum Gasteiger partial charge on any atom is -0.105 e. The topological polar surface area (TPSA) is 0 Å². The Morgan fingerprint density at radius 1 is 0.909 bits per heavy atom. The van der Waals surface area contributed by atoms with E-state index >= 15 is 0 Å². The maximum Gasteiger partial charge on any atom is -0.0268 e. The van der Waals surface area contributed by atoms with Gasteiger partial charge in [-0.05, 0) is 55.3 Å². The van der Waals surface area contributed by atoms with Crippen LogP contribution in [0.5, 0.6) is 0 Å². The van der Waals surface area contributed by atoms with Gasteiger partial charge in [0.05, 0.1) is 0 Å². The summed E-state index contributed by atoms with van der Waals surface area (Å²) in [4.78, 5) is 0. The molecule has 1 atom stereocenters. The number of hydrogen-bond donors (Lipinski definition) is 0. The van der Waals surface area contributed by atoms with E-state index in [4.69, 9.17) is 0 Å². The minimum atomic E-state index is 1.32. The molecule has 0 fully saturated rings. The Morgan fingerprint density at radius 3 is 2.00 bits per heavy atom. The van der Waals surface area contributed by atoms with Gasteiger partial charge in [-0.3, -0.25) is 0 Å². The van der Waals surface area contributed by atoms with Crippen LogP contribution in [0.1, 0.15) is 22.3 Å². The fraction of sp³-hybridized carbons (Fsp3) is 0.400. The van der Waals surface area contributed by atoms with Crippen molar-refractivity contribution in [3.63, 3.8) is 0 Å². The Bertz CT molecular complexity index is 261. The average molecular weight is 166 g/mol. The van der Waals surface area contributed by atoms with E-state index in [1.165, 1.54) is 27.6 Å². The molecule has 0 nitrogen and oxygen atoms in total. The second-order valence-corrected chi connectivity index (χ2v) is 3.78. The van der Waals surface area contributed by atoms with Crippen LogP contribution >= 0.6 is 9.24 Å². The first-order valence-electron chi connectivity index (χ1n) is 3.87. The summed E-state index contributed by atoms with van der Waals surface area (Å²) in [6.07, 6.45) is 0. The molecule has 0 bridgehead atoms. The van der Waals surface area contributed by atoms with Gasteiger partial charge in [-0.2, -0.15) is 0 Å². The highest BCUT2D eigenvalue weighted by Crippen LogP contribution is 2.15. The number of rotatable bonds is 0. The fourth-order valence-corrected chi connectivity index (χ4v) is 1.71. The molecule has 1 aromatic carbocycles. The summed E-state index contributed by atoms with van der Waals surface area (Å²) in [6, 6.07) is 2.22. The van der Waals surface area contributed by atoms with Crippen molar-refractivity contribution >= 4 is 14.5 Å². The molecule has 11 heavy (non-hydrogen) atoms. The van der Waals surface area contributed by atoms with Crippen LogP contribution in [0.25, 0.3) is 0 Å². The van der Waals surface area contributed by atoms with Crippen molar-refractivity contribution in [1.82, 2.24) is 0 Å². The summed E-state index contributed by atoms with van der Waals surface area (Å²) in [5.74, 6) is 0. The van der Waals surface area contributed by atoms with E-state index in [2.05, 4.69) is 43.0 Å². The first-order chi connectivity index (χ1) is 5.04. The summed E-state index contributed by atoms with van der Waals surface area (Å²) < 4.78 is 0. The Balaban J connectivity index is 3.46. The molecule has 0 spiro atoms. The van der Waals surface area contributed by atoms with Crippen molar-refractivity contribution in [2.75, 3.05) is 0 Å². The van der Waals surface area contributed by atoms with E-state index in [9.17, 15) is 0 Å². The molecular weight excluding hydrogens is 151 g/mol. The van der Waals surface area contributed by atoms with Crippen LogP contribution in [0.4, 0.5) is 0 Å². The van der Waals surface area contributed by atoms with Crippen molar-refractivity contribution in [1.29, 1.82) is 0 Å². The maximum atomic E-state index is 2.78. The van der Waals surface area contributed by atoms with Crippen LogP contribution in [0, 0.1) is 27.7 Å². The van der Waals surface area contributed by atoms with E-state index in [1.807, 2.05) is 0 Å². The van der Waals surface area contributed by atoms with Crippen molar-refractivity contribution in [2.45, 2.75) is 27.7 Å². The quantitative estimate of drug-likeness (QED) is 0.519. The van der Waals surface area contributed by atoms with Gasteiger partial charge in [0, 0.05) is 0 Å². The number of aryl methyl sites for hydroxylation is 1. The predicted octanol–water partition coefficient (Wildman–Crippen LogP) is 2.42. The average Bonchev–Trinajstić information content (AvgIpc) is 1.97. The second-order valence-electron chi connectivity index (χ2n) is 3.16. The van der Waals surface area contributed by atoms with Crippen LogP contribution in [-0.4, -0.2) is 0 Å². The Labute approximate surface area is 71.2 Å². The van der Waals surface area contributed by atoms with E-state index in [0.717, 1.165) is 0 Å². The normalized spacial score (nSPS) is 10.3. The van der Waals surface area contributed by atoms with Gasteiger partial charge in [0.25, 0.3) is 0 Å². The molecule has 0 amide bonds. The van der Waals surface area contributed by atoms with Gasteiger partial charge in [0.1, 0.15) is 0 Å². The van der Waals surface area contributed by atoms with E-state index in [-0.39, 0.29) is 0 Å². The first-order valence-corrected chi connectivity index (χ1v) is 4.44. The van der Waals surface area contributed by atoms with Gasteiger partial charge in [-0.25, -0.2) is 0 Å². The summed E-state index contributed by atoms with van der Waals surface area (Å²) in [7, 11) is 2.78. The number of benzene rings is 1. The molecule has 0 saturated carbocycles. The fourth-order valence-electron chi connectivity index (χ4n) is 1.24. The molecule has 1 aromatic rings. The Hall–Kier alpha value is -0.350. The third-order valence-corrected chi connectivity index (χ3v) is 3.12. The summed E-state index contributed by atoms with van der Waals surface area (Å²) >= 11 is 0. The molecule has 1 unspecified atom stereocenters. The SMILES string of the molecule is Cc1cc(P)c(C)c(C)c1C. The molecule has 0 aromatic heterocycles. The van der Waals surface area contributed by atoms with E-state index in [1.54, 1.807) is 0 Å². The first kappa shape index (κ1) is 8.74. The van der Waals surface area contributed by atoms with Gasteiger partial charge in [-0.1, -0.05) is 6.07 Å². The Kier molecular flexibility index (Phi) is 2.34. The predicted molar refractivity (Wildman–Crippen MR) is 54.7 cm³/mol. The third-order valence-electron chi connectivity index (χ3n) is 2.52. The lowest BCUT2D eigenvalue weighted by Crippen LogP contribution is -2.03. The minimum absolute atomic E-state index is 1.32. The summed E-state index contributed by atoms with van der Waals surface area (Å²) in [5, 5.41) is 1.32. The van der Waals surface area contributed by atoms with Crippen LogP contribution in [0.15, 0.2) is 6.07 Å². The van der Waals surface area contributed by atoms with Crippen molar-refractivity contribution in [3.8, 4) is 0 Å². The molecule has 0 aliphatic heterocycles. The maximum absolute atomic E-state index is 2.78. The molecule has 1 heteroatoms. The smallest absolute Gasteiger partial charge is 0.0268 e. The van der Waals surface area contributed by atoms with Crippen LogP contribution in [-0.2, 0) is 0 Å². The highest BCUT2D eigenvalue weighted by atomic mass is 31.0. The lowest BCUT2D eigenvalue weighted by molar-refractivity contribution is 1.23. The summed E-state index contributed by atoms with van der Waals surface area (Å²) in [5.41, 5.74) is 5.64. The number of hydrogen-bond acceptors (Lipinski definition) is 0. The molecule has 0 N–H and O–H groups in total. The monoisotopic (exact) mass is 166 g/mol. The van der Waals surface area contributed by atoms with Crippen LogP contribution in [0.3, 0.4) is 0 Å². The standard InChI is InChI=1S/C10H15P/c1-6-5-10(11)9(4)8(3)7(6)2/h5H,11H2,1-4H3.